The van der Waals surface area contributed by atoms with Gasteiger partial charge in [0.1, 0.15) is 0 Å². The third kappa shape index (κ3) is 4.44. The maximum atomic E-state index is 12.0. The molecule has 6 heteroatoms. The molecule has 4 nitrogen and oxygen atoms in total. The van der Waals surface area contributed by atoms with Crippen molar-refractivity contribution in [3.63, 3.8) is 0 Å². The number of rotatable bonds is 3. The van der Waals surface area contributed by atoms with Gasteiger partial charge >= 0.3 is 0 Å². The van der Waals surface area contributed by atoms with Crippen molar-refractivity contribution in [2.24, 2.45) is 5.92 Å². The molecule has 1 aliphatic rings. The smallest absolute Gasteiger partial charge is 0.227 e. The van der Waals surface area contributed by atoms with Gasteiger partial charge in [0, 0.05) is 19.7 Å². The normalized spacial score (nSPS) is 17.5. The minimum atomic E-state index is 0. The molecule has 0 spiro atoms. The summed E-state index contributed by atoms with van der Waals surface area (Å²) in [6.07, 6.45) is 5.15. The minimum Gasteiger partial charge on any atom is -0.316 e. The van der Waals surface area contributed by atoms with Crippen LogP contribution < -0.4 is 10.2 Å². The quantitative estimate of drug-likeness (QED) is 0.925. The highest BCUT2D eigenvalue weighted by molar-refractivity contribution is 5.92. The molecule has 0 aliphatic carbocycles. The second-order valence-corrected chi connectivity index (χ2v) is 4.23. The molecular formula is C12H19Cl2N3O. The zero-order chi connectivity index (χ0) is 11.4. The van der Waals surface area contributed by atoms with Crippen molar-refractivity contribution in [3.8, 4) is 0 Å². The molecular weight excluding hydrogens is 273 g/mol. The number of pyridine rings is 1. The maximum Gasteiger partial charge on any atom is 0.227 e. The molecule has 1 fully saturated rings. The van der Waals surface area contributed by atoms with Crippen LogP contribution in [0.5, 0.6) is 0 Å². The molecule has 1 unspecified atom stereocenters. The van der Waals surface area contributed by atoms with Gasteiger partial charge in [-0.3, -0.25) is 9.78 Å². The van der Waals surface area contributed by atoms with Crippen LogP contribution in [0.15, 0.2) is 24.5 Å². The van der Waals surface area contributed by atoms with Crippen LogP contribution in [0, 0.1) is 5.92 Å². The molecule has 0 bridgehead atoms. The van der Waals surface area contributed by atoms with E-state index in [0.717, 1.165) is 25.2 Å². The van der Waals surface area contributed by atoms with Gasteiger partial charge in [0.05, 0.1) is 11.9 Å². The lowest BCUT2D eigenvalue weighted by atomic mass is 10.0. The van der Waals surface area contributed by atoms with E-state index in [9.17, 15) is 4.79 Å². The highest BCUT2D eigenvalue weighted by Crippen LogP contribution is 2.16. The zero-order valence-corrected chi connectivity index (χ0v) is 12.0. The highest BCUT2D eigenvalue weighted by atomic mass is 35.5. The third-order valence-corrected chi connectivity index (χ3v) is 3.03. The predicted octanol–water partition coefficient (Wildman–Crippen LogP) is 1.89. The second-order valence-electron chi connectivity index (χ2n) is 4.23. The van der Waals surface area contributed by atoms with Crippen LogP contribution in [0.25, 0.3) is 0 Å². The number of amides is 1. The maximum absolute atomic E-state index is 12.0. The van der Waals surface area contributed by atoms with Gasteiger partial charge < -0.3 is 10.2 Å². The molecule has 18 heavy (non-hydrogen) atoms. The summed E-state index contributed by atoms with van der Waals surface area (Å²) in [7, 11) is 1.81. The summed E-state index contributed by atoms with van der Waals surface area (Å²) in [4.78, 5) is 17.7. The second kappa shape index (κ2) is 8.29. The topological polar surface area (TPSA) is 45.2 Å². The van der Waals surface area contributed by atoms with E-state index < -0.39 is 0 Å². The lowest BCUT2D eigenvalue weighted by Crippen LogP contribution is -2.28. The average Bonchev–Trinajstić information content (AvgIpc) is 2.82. The number of hydrogen-bond acceptors (Lipinski definition) is 3. The van der Waals surface area contributed by atoms with E-state index in [0.29, 0.717) is 12.3 Å². The summed E-state index contributed by atoms with van der Waals surface area (Å²) in [5, 5.41) is 3.27. The molecule has 102 valence electrons. The Bertz CT molecular complexity index is 356. The first kappa shape index (κ1) is 17.2. The van der Waals surface area contributed by atoms with Gasteiger partial charge in [-0.25, -0.2) is 0 Å². The number of carbonyl (C=O) groups excluding carboxylic acids is 1. The molecule has 1 aliphatic heterocycles. The van der Waals surface area contributed by atoms with Gasteiger partial charge in [0.25, 0.3) is 0 Å². The molecule has 1 aromatic rings. The minimum absolute atomic E-state index is 0. The Morgan fingerprint density at radius 2 is 2.33 bits per heavy atom. The van der Waals surface area contributed by atoms with Crippen LogP contribution in [-0.2, 0) is 4.79 Å². The first-order valence-electron chi connectivity index (χ1n) is 5.64. The summed E-state index contributed by atoms with van der Waals surface area (Å²) in [5.74, 6) is 0.660. The van der Waals surface area contributed by atoms with Crippen molar-refractivity contribution in [1.82, 2.24) is 10.3 Å². The first-order valence-corrected chi connectivity index (χ1v) is 5.64. The molecule has 0 radical (unpaired) electrons. The van der Waals surface area contributed by atoms with Crippen molar-refractivity contribution in [3.05, 3.63) is 24.5 Å². The van der Waals surface area contributed by atoms with E-state index in [2.05, 4.69) is 10.3 Å². The Morgan fingerprint density at radius 1 is 1.56 bits per heavy atom. The number of carbonyl (C=O) groups is 1. The van der Waals surface area contributed by atoms with E-state index >= 15 is 0 Å². The van der Waals surface area contributed by atoms with Crippen molar-refractivity contribution >= 4 is 36.4 Å². The van der Waals surface area contributed by atoms with Crippen LogP contribution in [0.4, 0.5) is 5.69 Å². The zero-order valence-electron chi connectivity index (χ0n) is 10.3. The lowest BCUT2D eigenvalue weighted by Gasteiger charge is -2.18. The largest absolute Gasteiger partial charge is 0.316 e. The molecule has 0 aromatic carbocycles. The number of anilines is 1. The molecule has 2 rings (SSSR count). The molecule has 1 amide bonds. The Hall–Kier alpha value is -0.840. The van der Waals surface area contributed by atoms with Crippen molar-refractivity contribution in [2.45, 2.75) is 12.8 Å². The Kier molecular flexibility index (Phi) is 7.91. The molecule has 1 aromatic heterocycles. The fourth-order valence-electron chi connectivity index (χ4n) is 1.97. The molecule has 1 atom stereocenters. The lowest BCUT2D eigenvalue weighted by molar-refractivity contribution is -0.119. The molecule has 1 N–H and O–H groups in total. The van der Waals surface area contributed by atoms with Gasteiger partial charge in [-0.05, 0) is 37.6 Å². The number of hydrogen-bond donors (Lipinski definition) is 1. The molecule has 0 saturated carbocycles. The Labute approximate surface area is 120 Å². The van der Waals surface area contributed by atoms with E-state index in [-0.39, 0.29) is 30.7 Å². The van der Waals surface area contributed by atoms with E-state index in [1.54, 1.807) is 17.3 Å². The molecule has 1 saturated heterocycles. The summed E-state index contributed by atoms with van der Waals surface area (Å²) < 4.78 is 0. The predicted molar refractivity (Wildman–Crippen MR) is 77.7 cm³/mol. The van der Waals surface area contributed by atoms with Gasteiger partial charge in [-0.15, -0.1) is 24.8 Å². The van der Waals surface area contributed by atoms with Crippen LogP contribution in [0.2, 0.25) is 0 Å². The number of nitrogens with zero attached hydrogens (tertiary/aromatic N) is 2. The number of nitrogens with one attached hydrogen (secondary N) is 1. The number of aromatic nitrogens is 1. The van der Waals surface area contributed by atoms with E-state index in [1.165, 1.54) is 0 Å². The van der Waals surface area contributed by atoms with Gasteiger partial charge in [0.2, 0.25) is 5.91 Å². The van der Waals surface area contributed by atoms with Crippen molar-refractivity contribution < 1.29 is 4.79 Å². The van der Waals surface area contributed by atoms with E-state index in [1.807, 2.05) is 19.2 Å². The summed E-state index contributed by atoms with van der Waals surface area (Å²) >= 11 is 0. The standard InChI is InChI=1S/C12H17N3O.2ClH/c1-15(11-3-2-5-13-9-11)12(16)7-10-4-6-14-8-10;;/h2-3,5,9-10,14H,4,6-8H2,1H3;2*1H. The SMILES string of the molecule is CN(C(=O)CC1CCNC1)c1cccnc1.Cl.Cl. The average molecular weight is 292 g/mol. The summed E-state index contributed by atoms with van der Waals surface area (Å²) in [6.45, 7) is 2.00. The molecule has 2 heterocycles. The van der Waals surface area contributed by atoms with Crippen LogP contribution in [-0.4, -0.2) is 31.0 Å². The van der Waals surface area contributed by atoms with Crippen LogP contribution in [0.3, 0.4) is 0 Å². The first-order chi connectivity index (χ1) is 7.77. The van der Waals surface area contributed by atoms with Crippen molar-refractivity contribution in [2.75, 3.05) is 25.0 Å². The highest BCUT2D eigenvalue weighted by Gasteiger charge is 2.20. The summed E-state index contributed by atoms with van der Waals surface area (Å²) in [5.41, 5.74) is 0.860. The Balaban J connectivity index is 0.00000144. The van der Waals surface area contributed by atoms with Crippen LogP contribution in [0.1, 0.15) is 12.8 Å². The van der Waals surface area contributed by atoms with E-state index in [4.69, 9.17) is 0 Å². The Morgan fingerprint density at radius 3 is 2.89 bits per heavy atom. The monoisotopic (exact) mass is 291 g/mol. The fraction of sp³-hybridized carbons (Fsp3) is 0.500. The summed E-state index contributed by atoms with van der Waals surface area (Å²) in [6, 6.07) is 3.74. The third-order valence-electron chi connectivity index (χ3n) is 3.03. The number of halogens is 2. The van der Waals surface area contributed by atoms with Crippen LogP contribution >= 0.6 is 24.8 Å². The fourth-order valence-corrected chi connectivity index (χ4v) is 1.97. The van der Waals surface area contributed by atoms with Gasteiger partial charge in [-0.1, -0.05) is 0 Å². The van der Waals surface area contributed by atoms with Gasteiger partial charge in [-0.2, -0.15) is 0 Å². The van der Waals surface area contributed by atoms with Gasteiger partial charge in [0.15, 0.2) is 0 Å². The van der Waals surface area contributed by atoms with Crippen molar-refractivity contribution in [1.29, 1.82) is 0 Å².